The van der Waals surface area contributed by atoms with E-state index < -0.39 is 0 Å². The maximum atomic E-state index is 9.64. The van der Waals surface area contributed by atoms with E-state index in [1.54, 1.807) is 30.3 Å². The highest BCUT2D eigenvalue weighted by atomic mass is 16.5. The van der Waals surface area contributed by atoms with Crippen molar-refractivity contribution < 1.29 is 19.4 Å². The Bertz CT molecular complexity index is 715. The van der Waals surface area contributed by atoms with Gasteiger partial charge in [0.25, 0.3) is 0 Å². The lowest BCUT2D eigenvalue weighted by Gasteiger charge is -2.03. The maximum Gasteiger partial charge on any atom is 0.176 e. The number of hydrogen-bond donors (Lipinski definition) is 2. The van der Waals surface area contributed by atoms with Crippen molar-refractivity contribution in [2.45, 2.75) is 6.61 Å². The maximum absolute atomic E-state index is 9.64. The van der Waals surface area contributed by atoms with Gasteiger partial charge in [-0.05, 0) is 24.3 Å². The third kappa shape index (κ3) is 2.33. The van der Waals surface area contributed by atoms with Crippen LogP contribution in [-0.2, 0) is 6.61 Å². The fourth-order valence-electron chi connectivity index (χ4n) is 1.90. The Morgan fingerprint density at radius 3 is 2.63 bits per heavy atom. The summed E-state index contributed by atoms with van der Waals surface area (Å²) in [4.78, 5) is 0. The number of para-hydroxylation sites is 1. The molecule has 0 aliphatic heterocycles. The van der Waals surface area contributed by atoms with Gasteiger partial charge in [0.15, 0.2) is 11.3 Å². The highest BCUT2D eigenvalue weighted by Gasteiger charge is 2.07. The molecular formula is C15H12O4. The monoisotopic (exact) mass is 256 g/mol. The minimum absolute atomic E-state index is 0.112. The first kappa shape index (κ1) is 11.5. The molecule has 0 bridgehead atoms. The van der Waals surface area contributed by atoms with Crippen molar-refractivity contribution in [2.75, 3.05) is 0 Å². The molecule has 4 heteroatoms. The summed E-state index contributed by atoms with van der Waals surface area (Å²) in [5.41, 5.74) is 0.456. The molecule has 0 atom stereocenters. The van der Waals surface area contributed by atoms with Crippen molar-refractivity contribution in [1.29, 1.82) is 0 Å². The molecule has 1 heterocycles. The number of fused-ring (bicyclic) bond motifs is 1. The van der Waals surface area contributed by atoms with Gasteiger partial charge in [0.1, 0.15) is 23.9 Å². The molecule has 1 aromatic heterocycles. The summed E-state index contributed by atoms with van der Waals surface area (Å²) in [7, 11) is 0. The van der Waals surface area contributed by atoms with Gasteiger partial charge in [-0.2, -0.15) is 0 Å². The van der Waals surface area contributed by atoms with E-state index in [4.69, 9.17) is 9.15 Å². The zero-order chi connectivity index (χ0) is 13.2. The highest BCUT2D eigenvalue weighted by Crippen LogP contribution is 2.28. The van der Waals surface area contributed by atoms with Crippen LogP contribution in [0.5, 0.6) is 17.2 Å². The lowest BCUT2D eigenvalue weighted by molar-refractivity contribution is 0.272. The fraction of sp³-hybridized carbons (Fsp3) is 0.0667. The third-order valence-corrected chi connectivity index (χ3v) is 2.77. The van der Waals surface area contributed by atoms with Gasteiger partial charge in [0, 0.05) is 11.5 Å². The van der Waals surface area contributed by atoms with Crippen molar-refractivity contribution in [2.24, 2.45) is 0 Å². The second kappa shape index (κ2) is 4.57. The Hall–Kier alpha value is -2.62. The molecule has 2 aromatic carbocycles. The molecule has 0 aliphatic carbocycles. The van der Waals surface area contributed by atoms with Gasteiger partial charge >= 0.3 is 0 Å². The van der Waals surface area contributed by atoms with E-state index in [0.717, 1.165) is 5.39 Å². The van der Waals surface area contributed by atoms with Crippen LogP contribution in [0.2, 0.25) is 0 Å². The highest BCUT2D eigenvalue weighted by molar-refractivity contribution is 5.83. The van der Waals surface area contributed by atoms with Crippen molar-refractivity contribution >= 4 is 11.0 Å². The van der Waals surface area contributed by atoms with Gasteiger partial charge < -0.3 is 19.4 Å². The Morgan fingerprint density at radius 1 is 1.00 bits per heavy atom. The molecule has 0 saturated heterocycles. The van der Waals surface area contributed by atoms with Crippen LogP contribution in [0.4, 0.5) is 0 Å². The van der Waals surface area contributed by atoms with Crippen molar-refractivity contribution in [3.63, 3.8) is 0 Å². The van der Waals surface area contributed by atoms with Crippen LogP contribution in [0.1, 0.15) is 5.76 Å². The summed E-state index contributed by atoms with van der Waals surface area (Å²) in [6.45, 7) is 0.234. The van der Waals surface area contributed by atoms with Gasteiger partial charge in [-0.15, -0.1) is 0 Å². The van der Waals surface area contributed by atoms with Gasteiger partial charge in [0.05, 0.1) is 0 Å². The average Bonchev–Trinajstić information content (AvgIpc) is 2.81. The number of furan rings is 1. The SMILES string of the molecule is Oc1cccc(OCc2cc3cccc(O)c3o2)c1. The lowest BCUT2D eigenvalue weighted by Crippen LogP contribution is -1.92. The summed E-state index contributed by atoms with van der Waals surface area (Å²) in [5, 5.41) is 19.8. The number of benzene rings is 2. The summed E-state index contributed by atoms with van der Waals surface area (Å²) in [6, 6.07) is 13.6. The number of phenolic OH excluding ortho intramolecular Hbond substituents is 2. The molecule has 0 amide bonds. The van der Waals surface area contributed by atoms with Crippen LogP contribution in [0.25, 0.3) is 11.0 Å². The van der Waals surface area contributed by atoms with Crippen molar-refractivity contribution in [3.05, 3.63) is 54.3 Å². The van der Waals surface area contributed by atoms with Gasteiger partial charge in [-0.1, -0.05) is 18.2 Å². The van der Waals surface area contributed by atoms with Crippen molar-refractivity contribution in [3.8, 4) is 17.2 Å². The predicted molar refractivity (Wildman–Crippen MR) is 70.3 cm³/mol. The fourth-order valence-corrected chi connectivity index (χ4v) is 1.90. The number of rotatable bonds is 3. The molecule has 4 nitrogen and oxygen atoms in total. The molecule has 3 aromatic rings. The van der Waals surface area contributed by atoms with Crippen LogP contribution in [0.3, 0.4) is 0 Å². The topological polar surface area (TPSA) is 62.8 Å². The van der Waals surface area contributed by atoms with Crippen molar-refractivity contribution in [1.82, 2.24) is 0 Å². The Labute approximate surface area is 109 Å². The number of hydrogen-bond acceptors (Lipinski definition) is 4. The largest absolute Gasteiger partial charge is 0.508 e. The quantitative estimate of drug-likeness (QED) is 0.753. The molecule has 0 radical (unpaired) electrons. The van der Waals surface area contributed by atoms with E-state index in [2.05, 4.69) is 0 Å². The summed E-state index contributed by atoms with van der Waals surface area (Å²) in [6.07, 6.45) is 0. The molecule has 3 rings (SSSR count). The van der Waals surface area contributed by atoms with Crippen LogP contribution >= 0.6 is 0 Å². The molecule has 0 spiro atoms. The standard InChI is InChI=1S/C15H12O4/c16-11-4-2-5-12(8-11)18-9-13-7-10-3-1-6-14(17)15(10)19-13/h1-8,16-17H,9H2. The number of aromatic hydroxyl groups is 2. The van der Waals surface area contributed by atoms with Gasteiger partial charge in [0.2, 0.25) is 0 Å². The van der Waals surface area contributed by atoms with E-state index in [1.165, 1.54) is 6.07 Å². The molecule has 2 N–H and O–H groups in total. The number of phenols is 2. The Kier molecular flexibility index (Phi) is 2.76. The zero-order valence-electron chi connectivity index (χ0n) is 10.0. The first-order chi connectivity index (χ1) is 9.22. The minimum Gasteiger partial charge on any atom is -0.508 e. The number of ether oxygens (including phenoxy) is 1. The summed E-state index contributed by atoms with van der Waals surface area (Å²) < 4.78 is 11.0. The Balaban J connectivity index is 1.80. The predicted octanol–water partition coefficient (Wildman–Crippen LogP) is 3.42. The van der Waals surface area contributed by atoms with E-state index in [-0.39, 0.29) is 18.1 Å². The third-order valence-electron chi connectivity index (χ3n) is 2.77. The van der Waals surface area contributed by atoms with Gasteiger partial charge in [-0.25, -0.2) is 0 Å². The van der Waals surface area contributed by atoms with E-state index in [0.29, 0.717) is 17.1 Å². The minimum atomic E-state index is 0.112. The normalized spacial score (nSPS) is 10.7. The molecule has 96 valence electrons. The van der Waals surface area contributed by atoms with Crippen LogP contribution in [-0.4, -0.2) is 10.2 Å². The summed E-state index contributed by atoms with van der Waals surface area (Å²) in [5.74, 6) is 1.44. The molecule has 19 heavy (non-hydrogen) atoms. The smallest absolute Gasteiger partial charge is 0.176 e. The van der Waals surface area contributed by atoms with Crippen LogP contribution in [0, 0.1) is 0 Å². The first-order valence-electron chi connectivity index (χ1n) is 5.84. The second-order valence-corrected chi connectivity index (χ2v) is 4.19. The first-order valence-corrected chi connectivity index (χ1v) is 5.84. The Morgan fingerprint density at radius 2 is 1.84 bits per heavy atom. The summed E-state index contributed by atoms with van der Waals surface area (Å²) >= 11 is 0. The second-order valence-electron chi connectivity index (χ2n) is 4.19. The average molecular weight is 256 g/mol. The van der Waals surface area contributed by atoms with Crippen LogP contribution < -0.4 is 4.74 Å². The molecule has 0 fully saturated rings. The van der Waals surface area contributed by atoms with Gasteiger partial charge in [-0.3, -0.25) is 0 Å². The molecule has 0 unspecified atom stereocenters. The van der Waals surface area contributed by atoms with E-state index in [1.807, 2.05) is 12.1 Å². The molecule has 0 saturated carbocycles. The zero-order valence-corrected chi connectivity index (χ0v) is 10.0. The van der Waals surface area contributed by atoms with E-state index in [9.17, 15) is 10.2 Å². The molecular weight excluding hydrogens is 244 g/mol. The lowest BCUT2D eigenvalue weighted by atomic mass is 10.2. The van der Waals surface area contributed by atoms with Crippen LogP contribution in [0.15, 0.2) is 52.9 Å². The van der Waals surface area contributed by atoms with E-state index >= 15 is 0 Å². The molecule has 0 aliphatic rings.